The lowest BCUT2D eigenvalue weighted by atomic mass is 10.1. The number of carbonyl (C=O) groups is 3. The summed E-state index contributed by atoms with van der Waals surface area (Å²) in [5, 5.41) is 2.89. The summed E-state index contributed by atoms with van der Waals surface area (Å²) >= 11 is 0. The van der Waals surface area contributed by atoms with E-state index in [0.29, 0.717) is 34.6 Å². The third-order valence-electron chi connectivity index (χ3n) is 5.06. The van der Waals surface area contributed by atoms with E-state index < -0.39 is 0 Å². The van der Waals surface area contributed by atoms with Gasteiger partial charge >= 0.3 is 0 Å². The number of Topliss-reactive ketones (excluding diaryl/α,β-unsaturated/α-hetero) is 1. The van der Waals surface area contributed by atoms with Crippen molar-refractivity contribution in [2.24, 2.45) is 0 Å². The van der Waals surface area contributed by atoms with E-state index in [1.165, 1.54) is 6.92 Å². The van der Waals surface area contributed by atoms with Crippen molar-refractivity contribution >= 4 is 17.6 Å². The Balaban J connectivity index is 1.64. The van der Waals surface area contributed by atoms with Crippen molar-refractivity contribution in [2.75, 3.05) is 13.1 Å². The van der Waals surface area contributed by atoms with Crippen LogP contribution in [0.15, 0.2) is 24.3 Å². The number of aromatic nitrogens is 1. The normalized spacial score (nSPS) is 13.7. The highest BCUT2D eigenvalue weighted by molar-refractivity contribution is 6.02. The van der Waals surface area contributed by atoms with Crippen molar-refractivity contribution in [2.45, 2.75) is 40.2 Å². The SMILES string of the molecule is CC(=O)c1[nH]c(C)c(C(=O)NCc2ccc(C(=O)N3CCCC3)cc2)c1C. The van der Waals surface area contributed by atoms with Crippen LogP contribution >= 0.6 is 0 Å². The Hall–Kier alpha value is -2.89. The molecule has 6 nitrogen and oxygen atoms in total. The molecule has 2 amide bonds. The van der Waals surface area contributed by atoms with Gasteiger partial charge in [-0.2, -0.15) is 0 Å². The maximum absolute atomic E-state index is 12.5. The maximum Gasteiger partial charge on any atom is 0.253 e. The smallest absolute Gasteiger partial charge is 0.253 e. The minimum Gasteiger partial charge on any atom is -0.355 e. The van der Waals surface area contributed by atoms with Gasteiger partial charge in [0.25, 0.3) is 11.8 Å². The van der Waals surface area contributed by atoms with Gasteiger partial charge in [-0.3, -0.25) is 14.4 Å². The number of aromatic amines is 1. The lowest BCUT2D eigenvalue weighted by molar-refractivity contribution is 0.0792. The van der Waals surface area contributed by atoms with Gasteiger partial charge in [-0.15, -0.1) is 0 Å². The first-order valence-corrected chi connectivity index (χ1v) is 9.25. The van der Waals surface area contributed by atoms with E-state index in [-0.39, 0.29) is 17.6 Å². The van der Waals surface area contributed by atoms with E-state index in [4.69, 9.17) is 0 Å². The molecule has 142 valence electrons. The number of hydrogen-bond donors (Lipinski definition) is 2. The van der Waals surface area contributed by atoms with Crippen molar-refractivity contribution in [3.05, 3.63) is 57.9 Å². The topological polar surface area (TPSA) is 82.3 Å². The van der Waals surface area contributed by atoms with Crippen LogP contribution in [-0.4, -0.2) is 40.6 Å². The third kappa shape index (κ3) is 3.94. The number of nitrogens with one attached hydrogen (secondary N) is 2. The fourth-order valence-corrected chi connectivity index (χ4v) is 3.58. The molecule has 0 unspecified atom stereocenters. The van der Waals surface area contributed by atoms with E-state index in [1.807, 2.05) is 29.2 Å². The van der Waals surface area contributed by atoms with E-state index >= 15 is 0 Å². The monoisotopic (exact) mass is 367 g/mol. The summed E-state index contributed by atoms with van der Waals surface area (Å²) in [5.41, 5.74) is 3.93. The Morgan fingerprint density at radius 1 is 1.07 bits per heavy atom. The van der Waals surface area contributed by atoms with Gasteiger partial charge < -0.3 is 15.2 Å². The van der Waals surface area contributed by atoms with Crippen LogP contribution < -0.4 is 5.32 Å². The Labute approximate surface area is 159 Å². The van der Waals surface area contributed by atoms with Crippen LogP contribution in [0.4, 0.5) is 0 Å². The highest BCUT2D eigenvalue weighted by Crippen LogP contribution is 2.19. The number of amides is 2. The van der Waals surface area contributed by atoms with Gasteiger partial charge in [0, 0.05) is 37.8 Å². The first-order valence-electron chi connectivity index (χ1n) is 9.25. The van der Waals surface area contributed by atoms with Gasteiger partial charge in [0.15, 0.2) is 5.78 Å². The molecule has 27 heavy (non-hydrogen) atoms. The largest absolute Gasteiger partial charge is 0.355 e. The number of nitrogens with zero attached hydrogens (tertiary/aromatic N) is 1. The lowest BCUT2D eigenvalue weighted by Crippen LogP contribution is -2.27. The summed E-state index contributed by atoms with van der Waals surface area (Å²) in [6.45, 7) is 7.05. The van der Waals surface area contributed by atoms with Crippen molar-refractivity contribution in [1.29, 1.82) is 0 Å². The molecule has 2 heterocycles. The molecule has 1 aliphatic heterocycles. The van der Waals surface area contributed by atoms with E-state index in [1.54, 1.807) is 13.8 Å². The maximum atomic E-state index is 12.5. The van der Waals surface area contributed by atoms with Crippen LogP contribution in [0.1, 0.15) is 67.8 Å². The molecule has 1 fully saturated rings. The number of benzene rings is 1. The van der Waals surface area contributed by atoms with E-state index in [9.17, 15) is 14.4 Å². The molecular weight excluding hydrogens is 342 g/mol. The molecule has 1 aromatic carbocycles. The van der Waals surface area contributed by atoms with Crippen molar-refractivity contribution < 1.29 is 14.4 Å². The molecule has 6 heteroatoms. The second-order valence-electron chi connectivity index (χ2n) is 7.06. The van der Waals surface area contributed by atoms with E-state index in [2.05, 4.69) is 10.3 Å². The minimum atomic E-state index is -0.217. The summed E-state index contributed by atoms with van der Waals surface area (Å²) in [4.78, 5) is 41.4. The molecule has 3 rings (SSSR count). The molecule has 1 aliphatic rings. The average molecular weight is 367 g/mol. The molecule has 2 N–H and O–H groups in total. The predicted octanol–water partition coefficient (Wildman–Crippen LogP) is 3.00. The number of likely N-dealkylation sites (tertiary alicyclic amines) is 1. The van der Waals surface area contributed by atoms with Crippen LogP contribution in [0.5, 0.6) is 0 Å². The van der Waals surface area contributed by atoms with Crippen molar-refractivity contribution in [3.8, 4) is 0 Å². The first kappa shape index (κ1) is 18.9. The van der Waals surface area contributed by atoms with Crippen LogP contribution in [0.2, 0.25) is 0 Å². The van der Waals surface area contributed by atoms with Gasteiger partial charge in [-0.1, -0.05) is 12.1 Å². The molecular formula is C21H25N3O3. The molecule has 0 saturated carbocycles. The Kier molecular flexibility index (Phi) is 5.44. The second kappa shape index (κ2) is 7.78. The second-order valence-corrected chi connectivity index (χ2v) is 7.06. The molecule has 0 radical (unpaired) electrons. The van der Waals surface area contributed by atoms with Gasteiger partial charge in [0.2, 0.25) is 0 Å². The summed E-state index contributed by atoms with van der Waals surface area (Å²) in [7, 11) is 0. The van der Waals surface area contributed by atoms with E-state index in [0.717, 1.165) is 31.5 Å². The minimum absolute atomic E-state index is 0.0680. The fraction of sp³-hybridized carbons (Fsp3) is 0.381. The predicted molar refractivity (Wildman–Crippen MR) is 103 cm³/mol. The summed E-state index contributed by atoms with van der Waals surface area (Å²) < 4.78 is 0. The van der Waals surface area contributed by atoms with Crippen LogP contribution in [0.3, 0.4) is 0 Å². The van der Waals surface area contributed by atoms with Crippen LogP contribution in [-0.2, 0) is 6.54 Å². The van der Waals surface area contributed by atoms with Gasteiger partial charge in [0.1, 0.15) is 0 Å². The van der Waals surface area contributed by atoms with Crippen LogP contribution in [0.25, 0.3) is 0 Å². The molecule has 1 saturated heterocycles. The molecule has 0 aliphatic carbocycles. The highest BCUT2D eigenvalue weighted by Gasteiger charge is 2.21. The Morgan fingerprint density at radius 2 is 1.70 bits per heavy atom. The summed E-state index contributed by atoms with van der Waals surface area (Å²) in [5.74, 6) is -0.239. The standard InChI is InChI=1S/C21H25N3O3/c1-13-18(14(2)23-19(13)15(3)25)20(26)22-12-16-6-8-17(9-7-16)21(27)24-10-4-5-11-24/h6-9,23H,4-5,10-12H2,1-3H3,(H,22,26). The Bertz CT molecular complexity index is 875. The third-order valence-corrected chi connectivity index (χ3v) is 5.06. The number of H-pyrrole nitrogens is 1. The Morgan fingerprint density at radius 3 is 2.26 bits per heavy atom. The number of aryl methyl sites for hydroxylation is 1. The molecule has 0 bridgehead atoms. The highest BCUT2D eigenvalue weighted by atomic mass is 16.2. The first-order chi connectivity index (χ1) is 12.9. The number of carbonyl (C=O) groups excluding carboxylic acids is 3. The zero-order valence-corrected chi connectivity index (χ0v) is 16.0. The molecule has 0 atom stereocenters. The summed E-state index contributed by atoms with van der Waals surface area (Å²) in [6, 6.07) is 7.34. The van der Waals surface area contributed by atoms with Gasteiger partial charge in [-0.25, -0.2) is 0 Å². The van der Waals surface area contributed by atoms with Crippen molar-refractivity contribution in [1.82, 2.24) is 15.2 Å². The van der Waals surface area contributed by atoms with Crippen LogP contribution in [0, 0.1) is 13.8 Å². The van der Waals surface area contributed by atoms with Gasteiger partial charge in [-0.05, 0) is 49.9 Å². The zero-order valence-electron chi connectivity index (χ0n) is 16.0. The summed E-state index contributed by atoms with van der Waals surface area (Å²) in [6.07, 6.45) is 2.14. The number of rotatable bonds is 5. The zero-order chi connectivity index (χ0) is 19.6. The molecule has 2 aromatic rings. The average Bonchev–Trinajstić information content (AvgIpc) is 3.28. The van der Waals surface area contributed by atoms with Crippen molar-refractivity contribution in [3.63, 3.8) is 0 Å². The van der Waals surface area contributed by atoms with Gasteiger partial charge in [0.05, 0.1) is 11.3 Å². The quantitative estimate of drug-likeness (QED) is 0.797. The number of ketones is 1. The molecule has 0 spiro atoms. The number of hydrogen-bond acceptors (Lipinski definition) is 3. The fourth-order valence-electron chi connectivity index (χ4n) is 3.58. The molecule has 1 aromatic heterocycles. The lowest BCUT2D eigenvalue weighted by Gasteiger charge is -2.15.